The second-order valence-corrected chi connectivity index (χ2v) is 7.98. The van der Waals surface area contributed by atoms with Crippen molar-refractivity contribution >= 4 is 8.80 Å². The van der Waals surface area contributed by atoms with Crippen molar-refractivity contribution < 1.29 is 13.3 Å². The highest BCUT2D eigenvalue weighted by molar-refractivity contribution is 6.62. The van der Waals surface area contributed by atoms with Crippen LogP contribution in [0.3, 0.4) is 0 Å². The van der Waals surface area contributed by atoms with Gasteiger partial charge in [-0.1, -0.05) is 27.7 Å². The molecular weight excluding hydrogens is 284 g/mol. The Morgan fingerprint density at radius 3 is 1.71 bits per heavy atom. The van der Waals surface area contributed by atoms with E-state index >= 15 is 0 Å². The van der Waals surface area contributed by atoms with Gasteiger partial charge in [0.05, 0.1) is 5.67 Å². The van der Waals surface area contributed by atoms with Gasteiger partial charge in [-0.3, -0.25) is 0 Å². The van der Waals surface area contributed by atoms with Crippen molar-refractivity contribution in [3.8, 4) is 0 Å². The fourth-order valence-electron chi connectivity index (χ4n) is 2.06. The summed E-state index contributed by atoms with van der Waals surface area (Å²) in [7, 11) is -2.69. The van der Waals surface area contributed by atoms with Crippen LogP contribution in [0.5, 0.6) is 0 Å². The molecule has 0 rings (SSSR count). The zero-order valence-electron chi connectivity index (χ0n) is 14.5. The van der Waals surface area contributed by atoms with Crippen molar-refractivity contribution in [3.05, 3.63) is 0 Å². The molecule has 0 heterocycles. The summed E-state index contributed by atoms with van der Waals surface area (Å²) in [6, 6.07) is 0. The smallest absolute Gasteiger partial charge is 0.373 e. The van der Waals surface area contributed by atoms with Gasteiger partial charge in [0.25, 0.3) is 0 Å². The lowest BCUT2D eigenvalue weighted by Crippen LogP contribution is -2.62. The molecule has 1 unspecified atom stereocenters. The van der Waals surface area contributed by atoms with E-state index in [9.17, 15) is 0 Å². The molecule has 0 aliphatic heterocycles. The zero-order chi connectivity index (χ0) is 16.0. The van der Waals surface area contributed by atoms with Crippen LogP contribution in [0, 0.1) is 0 Å². The predicted molar refractivity (Wildman–Crippen MR) is 90.2 cm³/mol. The molecule has 0 fully saturated rings. The monoisotopic (exact) mass is 320 g/mol. The molecule has 3 N–H and O–H groups in total. The minimum atomic E-state index is -2.69. The summed E-state index contributed by atoms with van der Waals surface area (Å²) in [6.45, 7) is 12.1. The maximum atomic E-state index is 6.17. The molecule has 1 atom stereocenters. The van der Waals surface area contributed by atoms with Crippen LogP contribution in [-0.4, -0.2) is 47.4 Å². The fraction of sp³-hybridized carbons (Fsp3) is 1.00. The Bertz CT molecular complexity index is 211. The van der Waals surface area contributed by atoms with Gasteiger partial charge in [0.15, 0.2) is 0 Å². The van der Waals surface area contributed by atoms with Gasteiger partial charge in [0.1, 0.15) is 0 Å². The summed E-state index contributed by atoms with van der Waals surface area (Å²) in [5.41, 5.74) is 5.73. The van der Waals surface area contributed by atoms with E-state index in [1.807, 2.05) is 0 Å². The van der Waals surface area contributed by atoms with Gasteiger partial charge < -0.3 is 24.3 Å². The minimum absolute atomic E-state index is 0.147. The first-order valence-electron chi connectivity index (χ1n) is 8.55. The molecule has 5 nitrogen and oxygen atoms in total. The fourth-order valence-corrected chi connectivity index (χ4v) is 5.27. The molecule has 128 valence electrons. The summed E-state index contributed by atoms with van der Waals surface area (Å²) in [5.74, 6) is 0. The van der Waals surface area contributed by atoms with Crippen molar-refractivity contribution in [2.45, 2.75) is 65.5 Å². The van der Waals surface area contributed by atoms with Gasteiger partial charge in [0, 0.05) is 19.8 Å². The number of hydrogen-bond acceptors (Lipinski definition) is 5. The van der Waals surface area contributed by atoms with E-state index in [0.29, 0.717) is 26.4 Å². The quantitative estimate of drug-likeness (QED) is 0.358. The largest absolute Gasteiger partial charge is 0.518 e. The van der Waals surface area contributed by atoms with Crippen LogP contribution in [0.15, 0.2) is 0 Å². The molecule has 21 heavy (non-hydrogen) atoms. The summed E-state index contributed by atoms with van der Waals surface area (Å²) in [6.07, 6.45) is 4.81. The standard InChI is InChI=1S/C15H36N2O3Si/c1-5-12-18-21(19-13-6-2,20-14-7-3)15(8-4)17-11-9-10-16/h15,17H,5-14,16H2,1-4H3. The molecular formula is C15H36N2O3Si. The van der Waals surface area contributed by atoms with Gasteiger partial charge in [-0.25, -0.2) is 0 Å². The highest BCUT2D eigenvalue weighted by atomic mass is 28.4. The molecule has 0 saturated carbocycles. The van der Waals surface area contributed by atoms with Crippen LogP contribution in [0.1, 0.15) is 59.8 Å². The number of hydrogen-bond donors (Lipinski definition) is 2. The average Bonchev–Trinajstić information content (AvgIpc) is 2.52. The van der Waals surface area contributed by atoms with Gasteiger partial charge in [-0.2, -0.15) is 0 Å². The SMILES string of the molecule is CCCO[Si](OCCC)(OCCC)C(CC)NCCCN. The van der Waals surface area contributed by atoms with E-state index in [0.717, 1.165) is 38.6 Å². The second-order valence-electron chi connectivity index (χ2n) is 5.21. The Morgan fingerprint density at radius 2 is 1.38 bits per heavy atom. The van der Waals surface area contributed by atoms with Crippen molar-refractivity contribution in [1.29, 1.82) is 0 Å². The zero-order valence-corrected chi connectivity index (χ0v) is 15.5. The van der Waals surface area contributed by atoms with E-state index in [4.69, 9.17) is 19.0 Å². The summed E-state index contributed by atoms with van der Waals surface area (Å²) < 4.78 is 18.5. The maximum Gasteiger partial charge on any atom is 0.518 e. The second kappa shape index (κ2) is 13.7. The highest BCUT2D eigenvalue weighted by Gasteiger charge is 2.48. The molecule has 0 aliphatic rings. The molecule has 0 radical (unpaired) electrons. The van der Waals surface area contributed by atoms with Crippen molar-refractivity contribution in [1.82, 2.24) is 5.32 Å². The Morgan fingerprint density at radius 1 is 0.905 bits per heavy atom. The average molecular weight is 321 g/mol. The number of nitrogens with two attached hydrogens (primary N) is 1. The molecule has 0 spiro atoms. The minimum Gasteiger partial charge on any atom is -0.373 e. The maximum absolute atomic E-state index is 6.17. The lowest BCUT2D eigenvalue weighted by molar-refractivity contribution is 0.0461. The lowest BCUT2D eigenvalue weighted by Gasteiger charge is -2.36. The third-order valence-electron chi connectivity index (χ3n) is 3.13. The van der Waals surface area contributed by atoms with Crippen LogP contribution in [-0.2, 0) is 13.3 Å². The summed E-state index contributed by atoms with van der Waals surface area (Å²) in [5, 5.41) is 3.54. The van der Waals surface area contributed by atoms with Gasteiger partial charge in [0.2, 0.25) is 0 Å². The molecule has 0 aromatic carbocycles. The van der Waals surface area contributed by atoms with Crippen molar-refractivity contribution in [3.63, 3.8) is 0 Å². The molecule has 0 aromatic rings. The number of nitrogens with one attached hydrogen (secondary N) is 1. The van der Waals surface area contributed by atoms with Crippen LogP contribution in [0.2, 0.25) is 0 Å². The Labute approximate surface area is 132 Å². The third-order valence-corrected chi connectivity index (χ3v) is 6.41. The lowest BCUT2D eigenvalue weighted by atomic mass is 10.4. The highest BCUT2D eigenvalue weighted by Crippen LogP contribution is 2.19. The summed E-state index contributed by atoms with van der Waals surface area (Å²) >= 11 is 0. The van der Waals surface area contributed by atoms with Gasteiger partial charge >= 0.3 is 8.80 Å². The van der Waals surface area contributed by atoms with Crippen LogP contribution >= 0.6 is 0 Å². The normalized spacial score (nSPS) is 13.6. The molecule has 6 heteroatoms. The van der Waals surface area contributed by atoms with Crippen LogP contribution in [0.25, 0.3) is 0 Å². The first kappa shape index (κ1) is 21.0. The molecule has 0 aliphatic carbocycles. The summed E-state index contributed by atoms with van der Waals surface area (Å²) in [4.78, 5) is 0. The van der Waals surface area contributed by atoms with E-state index < -0.39 is 8.80 Å². The van der Waals surface area contributed by atoms with Crippen LogP contribution in [0.4, 0.5) is 0 Å². The molecule has 0 aromatic heterocycles. The predicted octanol–water partition coefficient (Wildman–Crippen LogP) is 2.46. The van der Waals surface area contributed by atoms with Crippen LogP contribution < -0.4 is 11.1 Å². The topological polar surface area (TPSA) is 65.7 Å². The molecule has 0 amide bonds. The third kappa shape index (κ3) is 8.28. The van der Waals surface area contributed by atoms with Crippen molar-refractivity contribution in [2.24, 2.45) is 5.73 Å². The molecule has 0 saturated heterocycles. The first-order chi connectivity index (χ1) is 10.2. The van der Waals surface area contributed by atoms with E-state index in [2.05, 4.69) is 33.0 Å². The van der Waals surface area contributed by atoms with E-state index in [1.165, 1.54) is 0 Å². The molecule has 0 bridgehead atoms. The van der Waals surface area contributed by atoms with Crippen molar-refractivity contribution in [2.75, 3.05) is 32.9 Å². The number of rotatable bonds is 15. The first-order valence-corrected chi connectivity index (χ1v) is 10.4. The Balaban J connectivity index is 4.93. The van der Waals surface area contributed by atoms with E-state index in [1.54, 1.807) is 0 Å². The van der Waals surface area contributed by atoms with Gasteiger partial charge in [-0.15, -0.1) is 0 Å². The van der Waals surface area contributed by atoms with Gasteiger partial charge in [-0.05, 0) is 45.2 Å². The van der Waals surface area contributed by atoms with E-state index in [-0.39, 0.29) is 5.67 Å². The Hall–Kier alpha value is 0.0169. The Kier molecular flexibility index (Phi) is 13.7.